The second-order valence-corrected chi connectivity index (χ2v) is 10.1. The van der Waals surface area contributed by atoms with Crippen molar-refractivity contribution in [1.82, 2.24) is 10.2 Å². The minimum atomic E-state index is -0.202. The minimum Gasteiger partial charge on any atom is -0.489 e. The molecule has 5 rings (SSSR count). The monoisotopic (exact) mass is 480 g/mol. The number of para-hydroxylation sites is 2. The van der Waals surface area contributed by atoms with E-state index in [1.165, 1.54) is 23.1 Å². The molecule has 170 valence electrons. The van der Waals surface area contributed by atoms with Crippen molar-refractivity contribution in [2.75, 3.05) is 22.2 Å². The Labute approximate surface area is 200 Å². The van der Waals surface area contributed by atoms with Gasteiger partial charge >= 0.3 is 0 Å². The van der Waals surface area contributed by atoms with E-state index < -0.39 is 0 Å². The largest absolute Gasteiger partial charge is 0.489 e. The average molecular weight is 481 g/mol. The summed E-state index contributed by atoms with van der Waals surface area (Å²) in [5.41, 5.74) is 1.80. The highest BCUT2D eigenvalue weighted by molar-refractivity contribution is 8.01. The van der Waals surface area contributed by atoms with Crippen LogP contribution in [0.3, 0.4) is 0 Å². The van der Waals surface area contributed by atoms with Crippen molar-refractivity contribution in [3.05, 3.63) is 60.2 Å². The smallest absolute Gasteiger partial charge is 0.238 e. The number of rotatable bonds is 7. The highest BCUT2D eigenvalue weighted by atomic mass is 32.2. The highest BCUT2D eigenvalue weighted by Crippen LogP contribution is 2.40. The summed E-state index contributed by atoms with van der Waals surface area (Å²) in [6.45, 7) is 2.26. The van der Waals surface area contributed by atoms with Gasteiger partial charge in [-0.2, -0.15) is 0 Å². The van der Waals surface area contributed by atoms with Crippen LogP contribution in [0, 0.1) is 0 Å². The van der Waals surface area contributed by atoms with Crippen molar-refractivity contribution >= 4 is 45.7 Å². The number of benzene rings is 2. The van der Waals surface area contributed by atoms with E-state index in [1.807, 2.05) is 66.4 Å². The third-order valence-corrected chi connectivity index (χ3v) is 7.73. The first kappa shape index (κ1) is 21.9. The van der Waals surface area contributed by atoms with Crippen LogP contribution >= 0.6 is 23.1 Å². The van der Waals surface area contributed by atoms with E-state index in [9.17, 15) is 9.59 Å². The molecular weight excluding hydrogens is 456 g/mol. The fourth-order valence-corrected chi connectivity index (χ4v) is 5.73. The third kappa shape index (κ3) is 4.60. The van der Waals surface area contributed by atoms with Crippen LogP contribution in [0.2, 0.25) is 0 Å². The molecule has 1 aromatic heterocycles. The van der Waals surface area contributed by atoms with E-state index >= 15 is 0 Å². The molecule has 0 N–H and O–H groups in total. The second-order valence-electron chi connectivity index (χ2n) is 7.96. The van der Waals surface area contributed by atoms with Crippen LogP contribution in [-0.2, 0) is 9.59 Å². The van der Waals surface area contributed by atoms with E-state index in [0.717, 1.165) is 24.1 Å². The molecule has 0 radical (unpaired) electrons. The normalized spacial score (nSPS) is 17.2. The molecule has 0 bridgehead atoms. The molecule has 1 fully saturated rings. The first-order valence-electron chi connectivity index (χ1n) is 11.0. The Balaban J connectivity index is 1.34. The van der Waals surface area contributed by atoms with Gasteiger partial charge in [0, 0.05) is 12.5 Å². The van der Waals surface area contributed by atoms with Crippen LogP contribution < -0.4 is 14.5 Å². The molecule has 1 aliphatic carbocycles. The Morgan fingerprint density at radius 1 is 1.12 bits per heavy atom. The summed E-state index contributed by atoms with van der Waals surface area (Å²) in [7, 11) is 0. The maximum absolute atomic E-state index is 13.5. The Morgan fingerprint density at radius 3 is 2.64 bits per heavy atom. The van der Waals surface area contributed by atoms with Crippen molar-refractivity contribution in [3.8, 4) is 5.75 Å². The Hall–Kier alpha value is -2.91. The summed E-state index contributed by atoms with van der Waals surface area (Å²) in [6.07, 6.45) is 2.45. The molecule has 7 nitrogen and oxygen atoms in total. The molecule has 9 heteroatoms. The molecule has 33 heavy (non-hydrogen) atoms. The Morgan fingerprint density at radius 2 is 1.88 bits per heavy atom. The lowest BCUT2D eigenvalue weighted by molar-refractivity contribution is -0.118. The lowest BCUT2D eigenvalue weighted by Crippen LogP contribution is -2.42. The maximum Gasteiger partial charge on any atom is 0.238 e. The summed E-state index contributed by atoms with van der Waals surface area (Å²) in [4.78, 5) is 29.4. The van der Waals surface area contributed by atoms with Crippen LogP contribution in [0.5, 0.6) is 5.75 Å². The third-order valence-electron chi connectivity index (χ3n) is 5.69. The van der Waals surface area contributed by atoms with Crippen molar-refractivity contribution < 1.29 is 14.3 Å². The van der Waals surface area contributed by atoms with Crippen molar-refractivity contribution in [2.24, 2.45) is 0 Å². The fraction of sp³-hybridized carbons (Fsp3) is 0.333. The number of aromatic nitrogens is 2. The molecule has 1 aliphatic heterocycles. The van der Waals surface area contributed by atoms with Gasteiger partial charge in [0.2, 0.25) is 16.9 Å². The molecule has 0 spiro atoms. The predicted octanol–water partition coefficient (Wildman–Crippen LogP) is 4.70. The van der Waals surface area contributed by atoms with Gasteiger partial charge < -0.3 is 4.74 Å². The van der Waals surface area contributed by atoms with Crippen LogP contribution in [0.4, 0.5) is 10.8 Å². The first-order valence-corrected chi connectivity index (χ1v) is 12.8. The van der Waals surface area contributed by atoms with Gasteiger partial charge in [-0.3, -0.25) is 19.4 Å². The number of hydrogen-bond acceptors (Lipinski definition) is 7. The number of thioether (sulfide) groups is 1. The summed E-state index contributed by atoms with van der Waals surface area (Å²) < 4.78 is 6.65. The van der Waals surface area contributed by atoms with Gasteiger partial charge in [0.15, 0.2) is 4.34 Å². The van der Waals surface area contributed by atoms with E-state index in [2.05, 4.69) is 10.2 Å². The lowest BCUT2D eigenvalue weighted by Gasteiger charge is -2.37. The van der Waals surface area contributed by atoms with Crippen LogP contribution in [0.1, 0.15) is 37.8 Å². The highest BCUT2D eigenvalue weighted by Gasteiger charge is 2.36. The lowest BCUT2D eigenvalue weighted by atomic mass is 10.0. The molecule has 3 aromatic rings. The summed E-state index contributed by atoms with van der Waals surface area (Å²) in [5, 5.41) is 9.11. The van der Waals surface area contributed by atoms with Gasteiger partial charge in [0.1, 0.15) is 12.4 Å². The molecule has 2 amide bonds. The van der Waals surface area contributed by atoms with Gasteiger partial charge in [0.05, 0.1) is 17.5 Å². The molecule has 0 unspecified atom stereocenters. The van der Waals surface area contributed by atoms with Gasteiger partial charge in [-0.25, -0.2) is 0 Å². The molecule has 2 aromatic carbocycles. The van der Waals surface area contributed by atoms with Crippen LogP contribution in [0.25, 0.3) is 0 Å². The zero-order valence-corrected chi connectivity index (χ0v) is 19.8. The van der Waals surface area contributed by atoms with Crippen LogP contribution in [0.15, 0.2) is 58.9 Å². The molecule has 2 heterocycles. The van der Waals surface area contributed by atoms with E-state index in [4.69, 9.17) is 4.74 Å². The predicted molar refractivity (Wildman–Crippen MR) is 130 cm³/mol. The van der Waals surface area contributed by atoms with Crippen molar-refractivity contribution in [2.45, 2.75) is 42.6 Å². The fourth-order valence-electron chi connectivity index (χ4n) is 3.94. The summed E-state index contributed by atoms with van der Waals surface area (Å²) in [6, 6.07) is 17.6. The minimum absolute atomic E-state index is 0.0231. The van der Waals surface area contributed by atoms with E-state index in [-0.39, 0.29) is 29.7 Å². The number of ether oxygens (including phenoxy) is 1. The molecule has 1 atom stereocenters. The topological polar surface area (TPSA) is 75.6 Å². The first-order chi connectivity index (χ1) is 16.2. The van der Waals surface area contributed by atoms with E-state index in [1.54, 1.807) is 4.90 Å². The summed E-state index contributed by atoms with van der Waals surface area (Å²) in [5.74, 6) is 0.971. The van der Waals surface area contributed by atoms with E-state index in [0.29, 0.717) is 28.2 Å². The van der Waals surface area contributed by atoms with Crippen molar-refractivity contribution in [3.63, 3.8) is 0 Å². The molecule has 1 saturated carbocycles. The zero-order chi connectivity index (χ0) is 22.8. The van der Waals surface area contributed by atoms with Gasteiger partial charge in [-0.05, 0) is 30.5 Å². The van der Waals surface area contributed by atoms with Crippen LogP contribution in [-0.4, -0.2) is 40.4 Å². The number of anilines is 2. The van der Waals surface area contributed by atoms with Gasteiger partial charge in [0.25, 0.3) is 0 Å². The number of carbonyl (C=O) groups excluding carboxylic acids is 2. The second kappa shape index (κ2) is 9.52. The molecule has 2 aliphatic rings. The Kier molecular flexibility index (Phi) is 6.32. The number of amides is 2. The molecule has 0 saturated heterocycles. The standard InChI is InChI=1S/C24H24N4O3S2/c1-2-21(29)27(17-12-13-17)23-25-26-24(33-23)32-15-22(30)28-18-10-6-7-11-20(18)31-14-19(28)16-8-4-3-5-9-16/h3-11,17,19H,2,12-15H2,1H3/t19-/m0/s1. The Bertz CT molecular complexity index is 1150. The number of hydrogen-bond donors (Lipinski definition) is 0. The molecular formula is C24H24N4O3S2. The van der Waals surface area contributed by atoms with Crippen molar-refractivity contribution in [1.29, 1.82) is 0 Å². The number of nitrogens with zero attached hydrogens (tertiary/aromatic N) is 4. The summed E-state index contributed by atoms with van der Waals surface area (Å²) >= 11 is 2.73. The van der Waals surface area contributed by atoms with Gasteiger partial charge in [-0.15, -0.1) is 10.2 Å². The zero-order valence-electron chi connectivity index (χ0n) is 18.2. The maximum atomic E-state index is 13.5. The number of fused-ring (bicyclic) bond motifs is 1. The number of carbonyl (C=O) groups is 2. The average Bonchev–Trinajstić information content (AvgIpc) is 3.59. The quantitative estimate of drug-likeness (QED) is 0.360. The van der Waals surface area contributed by atoms with Gasteiger partial charge in [-0.1, -0.05) is 72.5 Å². The SMILES string of the molecule is CCC(=O)N(c1nnc(SCC(=O)N2c3ccccc3OC[C@H]2c2ccccc2)s1)C1CC1.